The summed E-state index contributed by atoms with van der Waals surface area (Å²) < 4.78 is 8.81. The molecule has 49 heavy (non-hydrogen) atoms. The second-order valence-electron chi connectivity index (χ2n) is 12.6. The van der Waals surface area contributed by atoms with E-state index >= 15 is 0 Å². The molecule has 0 N–H and O–H groups in total. The van der Waals surface area contributed by atoms with Gasteiger partial charge in [0.05, 0.1) is 5.69 Å². The lowest BCUT2D eigenvalue weighted by Gasteiger charge is -2.28. The summed E-state index contributed by atoms with van der Waals surface area (Å²) in [5, 5.41) is 7.30. The van der Waals surface area contributed by atoms with E-state index in [9.17, 15) is 0 Å². The molecule has 10 rings (SSSR count). The summed E-state index contributed by atoms with van der Waals surface area (Å²) in [4.78, 5) is 2.40. The van der Waals surface area contributed by atoms with Gasteiger partial charge in [0.2, 0.25) is 0 Å². The first-order chi connectivity index (χ1) is 24.3. The normalized spacial score (nSPS) is 11.7. The summed E-state index contributed by atoms with van der Waals surface area (Å²) in [5.41, 5.74) is 9.96. The fraction of sp³-hybridized carbons (Fsp3) is 0. The SMILES string of the molecule is c1ccc(-c2ccccc2N(c2ccc(-c3ccc4cc5c(cc4c3)oc3ccccc35)cc2)c2ccc3c(c2)sc2ccccc23)cc1. The maximum Gasteiger partial charge on any atom is 0.136 e. The highest BCUT2D eigenvalue weighted by atomic mass is 32.1. The summed E-state index contributed by atoms with van der Waals surface area (Å²) in [6.45, 7) is 0. The number of fused-ring (bicyclic) bond motifs is 7. The van der Waals surface area contributed by atoms with Crippen LogP contribution in [0.15, 0.2) is 180 Å². The lowest BCUT2D eigenvalue weighted by molar-refractivity contribution is 0.669. The van der Waals surface area contributed by atoms with E-state index in [0.29, 0.717) is 0 Å². The lowest BCUT2D eigenvalue weighted by atomic mass is 9.99. The summed E-state index contributed by atoms with van der Waals surface area (Å²) in [6, 6.07) is 63.3. The van der Waals surface area contributed by atoms with Crippen molar-refractivity contribution in [3.63, 3.8) is 0 Å². The predicted molar refractivity (Wildman–Crippen MR) is 210 cm³/mol. The van der Waals surface area contributed by atoms with E-state index in [1.807, 2.05) is 23.5 Å². The van der Waals surface area contributed by atoms with Gasteiger partial charge in [0.25, 0.3) is 0 Å². The van der Waals surface area contributed by atoms with Crippen LogP contribution < -0.4 is 4.90 Å². The molecule has 0 spiro atoms. The molecule has 230 valence electrons. The number of para-hydroxylation sites is 2. The smallest absolute Gasteiger partial charge is 0.136 e. The minimum Gasteiger partial charge on any atom is -0.456 e. The second kappa shape index (κ2) is 11.2. The number of hydrogen-bond donors (Lipinski definition) is 0. The Bertz CT molecular complexity index is 2830. The summed E-state index contributed by atoms with van der Waals surface area (Å²) >= 11 is 1.85. The first kappa shape index (κ1) is 27.9. The monoisotopic (exact) mass is 643 g/mol. The van der Waals surface area contributed by atoms with E-state index in [4.69, 9.17) is 4.42 Å². The van der Waals surface area contributed by atoms with E-state index in [-0.39, 0.29) is 0 Å². The molecule has 0 saturated carbocycles. The van der Waals surface area contributed by atoms with Gasteiger partial charge in [0.15, 0.2) is 0 Å². The number of thiophene rings is 1. The highest BCUT2D eigenvalue weighted by molar-refractivity contribution is 7.25. The van der Waals surface area contributed by atoms with Crippen LogP contribution in [0.2, 0.25) is 0 Å². The zero-order valence-corrected chi connectivity index (χ0v) is 27.3. The Hall–Kier alpha value is -6.16. The number of nitrogens with zero attached hydrogens (tertiary/aromatic N) is 1. The van der Waals surface area contributed by atoms with E-state index in [2.05, 4.69) is 169 Å². The molecule has 2 aromatic heterocycles. The van der Waals surface area contributed by atoms with Crippen molar-refractivity contribution in [1.82, 2.24) is 0 Å². The molecule has 10 aromatic rings. The molecule has 0 unspecified atom stereocenters. The van der Waals surface area contributed by atoms with Crippen LogP contribution in [0.5, 0.6) is 0 Å². The van der Waals surface area contributed by atoms with Crippen molar-refractivity contribution in [3.05, 3.63) is 176 Å². The predicted octanol–water partition coefficient (Wildman–Crippen LogP) is 13.9. The Morgan fingerprint density at radius 3 is 2.00 bits per heavy atom. The van der Waals surface area contributed by atoms with Crippen LogP contribution in [0.1, 0.15) is 0 Å². The Balaban J connectivity index is 1.09. The van der Waals surface area contributed by atoms with E-state index in [1.165, 1.54) is 53.2 Å². The molecule has 2 heterocycles. The summed E-state index contributed by atoms with van der Waals surface area (Å²) in [6.07, 6.45) is 0. The van der Waals surface area contributed by atoms with Crippen LogP contribution in [-0.2, 0) is 0 Å². The molecule has 8 aromatic carbocycles. The molecule has 0 saturated heterocycles. The van der Waals surface area contributed by atoms with Crippen LogP contribution in [0.4, 0.5) is 17.1 Å². The molecule has 0 bridgehead atoms. The van der Waals surface area contributed by atoms with Gasteiger partial charge < -0.3 is 9.32 Å². The van der Waals surface area contributed by atoms with Crippen LogP contribution in [-0.4, -0.2) is 0 Å². The largest absolute Gasteiger partial charge is 0.456 e. The van der Waals surface area contributed by atoms with Gasteiger partial charge in [-0.2, -0.15) is 0 Å². The highest BCUT2D eigenvalue weighted by Crippen LogP contribution is 2.44. The van der Waals surface area contributed by atoms with Crippen molar-refractivity contribution < 1.29 is 4.42 Å². The molecule has 0 aliphatic rings. The third-order valence-electron chi connectivity index (χ3n) is 9.64. The molecular formula is C46H29NOS. The van der Waals surface area contributed by atoms with Crippen LogP contribution in [0.3, 0.4) is 0 Å². The first-order valence-electron chi connectivity index (χ1n) is 16.6. The molecule has 3 heteroatoms. The molecule has 0 atom stereocenters. The quantitative estimate of drug-likeness (QED) is 0.186. The third-order valence-corrected chi connectivity index (χ3v) is 10.8. The van der Waals surface area contributed by atoms with Crippen molar-refractivity contribution in [2.75, 3.05) is 4.90 Å². The fourth-order valence-corrected chi connectivity index (χ4v) is 8.40. The maximum absolute atomic E-state index is 6.21. The van der Waals surface area contributed by atoms with Crippen LogP contribution in [0, 0.1) is 0 Å². The Kier molecular flexibility index (Phi) is 6.39. The van der Waals surface area contributed by atoms with Crippen molar-refractivity contribution in [2.45, 2.75) is 0 Å². The zero-order valence-electron chi connectivity index (χ0n) is 26.5. The van der Waals surface area contributed by atoms with Gasteiger partial charge in [0, 0.05) is 47.9 Å². The molecule has 0 aliphatic carbocycles. The van der Waals surface area contributed by atoms with Gasteiger partial charge in [-0.05, 0) is 88.1 Å². The molecule has 0 fully saturated rings. The van der Waals surface area contributed by atoms with Gasteiger partial charge in [-0.15, -0.1) is 11.3 Å². The zero-order chi connectivity index (χ0) is 32.3. The van der Waals surface area contributed by atoms with Crippen molar-refractivity contribution in [3.8, 4) is 22.3 Å². The van der Waals surface area contributed by atoms with E-state index < -0.39 is 0 Å². The first-order valence-corrected chi connectivity index (χ1v) is 17.4. The third kappa shape index (κ3) is 4.70. The second-order valence-corrected chi connectivity index (χ2v) is 13.6. The van der Waals surface area contributed by atoms with Crippen molar-refractivity contribution in [1.29, 1.82) is 0 Å². The maximum atomic E-state index is 6.21. The van der Waals surface area contributed by atoms with Gasteiger partial charge in [-0.1, -0.05) is 115 Å². The van der Waals surface area contributed by atoms with Gasteiger partial charge in [0.1, 0.15) is 11.2 Å². The molecule has 0 amide bonds. The number of hydrogen-bond acceptors (Lipinski definition) is 3. The van der Waals surface area contributed by atoms with Crippen LogP contribution >= 0.6 is 11.3 Å². The Morgan fingerprint density at radius 2 is 1.10 bits per heavy atom. The number of furan rings is 1. The molecule has 2 nitrogen and oxygen atoms in total. The van der Waals surface area contributed by atoms with Crippen LogP contribution in [0.25, 0.3) is 75.1 Å². The summed E-state index contributed by atoms with van der Waals surface area (Å²) in [5.74, 6) is 0. The molecular weight excluding hydrogens is 615 g/mol. The molecule has 0 aliphatic heterocycles. The average Bonchev–Trinajstić information content (AvgIpc) is 3.72. The standard InChI is InChI=1S/C46H29NOS/c1-2-10-31(11-3-1)37-12-4-7-15-42(37)47(36-24-25-40-39-14-6-9-17-45(39)49-46(40)29-36)35-22-20-30(21-23-35)32-18-19-33-27-41-38-13-5-8-16-43(38)48-44(41)28-34(33)26-32/h1-29H. The van der Waals surface area contributed by atoms with Gasteiger partial charge in [-0.3, -0.25) is 0 Å². The Labute approximate surface area is 287 Å². The van der Waals surface area contributed by atoms with Gasteiger partial charge in [-0.25, -0.2) is 0 Å². The number of anilines is 3. The van der Waals surface area contributed by atoms with Crippen molar-refractivity contribution >= 4 is 81.3 Å². The lowest BCUT2D eigenvalue weighted by Crippen LogP contribution is -2.11. The average molecular weight is 644 g/mol. The minimum absolute atomic E-state index is 0.921. The number of benzene rings is 8. The van der Waals surface area contributed by atoms with Gasteiger partial charge >= 0.3 is 0 Å². The highest BCUT2D eigenvalue weighted by Gasteiger charge is 2.19. The summed E-state index contributed by atoms with van der Waals surface area (Å²) in [7, 11) is 0. The fourth-order valence-electron chi connectivity index (χ4n) is 7.26. The van der Waals surface area contributed by atoms with E-state index in [1.54, 1.807) is 0 Å². The van der Waals surface area contributed by atoms with E-state index in [0.717, 1.165) is 39.0 Å². The van der Waals surface area contributed by atoms with Crippen molar-refractivity contribution in [2.24, 2.45) is 0 Å². The Morgan fingerprint density at radius 1 is 0.388 bits per heavy atom. The number of rotatable bonds is 5. The molecule has 0 radical (unpaired) electrons. The minimum atomic E-state index is 0.921. The topological polar surface area (TPSA) is 16.4 Å².